The molecule has 0 aromatic carbocycles. The molecule has 1 amide bonds. The zero-order valence-corrected chi connectivity index (χ0v) is 9.81. The maximum atomic E-state index is 11.4. The molecule has 0 aromatic rings. The van der Waals surface area contributed by atoms with Crippen LogP contribution in [0.25, 0.3) is 0 Å². The van der Waals surface area contributed by atoms with E-state index in [0.717, 1.165) is 0 Å². The highest BCUT2D eigenvalue weighted by atomic mass is 16.6. The Morgan fingerprint density at radius 1 is 1.24 bits per heavy atom. The van der Waals surface area contributed by atoms with Gasteiger partial charge in [-0.2, -0.15) is 0 Å². The van der Waals surface area contributed by atoms with Crippen LogP contribution in [0.15, 0.2) is 0 Å². The third-order valence-corrected chi connectivity index (χ3v) is 2.46. The lowest BCUT2D eigenvalue weighted by molar-refractivity contribution is -0.137. The Kier molecular flexibility index (Phi) is 6.57. The van der Waals surface area contributed by atoms with E-state index in [1.807, 2.05) is 0 Å². The first kappa shape index (κ1) is 13.9. The quantitative estimate of drug-likeness (QED) is 0.624. The number of carbonyl (C=O) groups excluding carboxylic acids is 1. The summed E-state index contributed by atoms with van der Waals surface area (Å²) < 4.78 is 10.6. The Morgan fingerprint density at radius 3 is 2.65 bits per heavy atom. The number of unbranched alkanes of at least 4 members (excludes halogenated alkanes) is 1. The lowest BCUT2D eigenvalue weighted by atomic mass is 10.2. The van der Waals surface area contributed by atoms with Crippen LogP contribution < -0.4 is 5.32 Å². The van der Waals surface area contributed by atoms with Gasteiger partial charge in [0.1, 0.15) is 0 Å². The summed E-state index contributed by atoms with van der Waals surface area (Å²) in [5.74, 6) is -0.886. The van der Waals surface area contributed by atoms with Crippen LogP contribution in [-0.4, -0.2) is 49.5 Å². The molecular weight excluding hydrogens is 226 g/mol. The van der Waals surface area contributed by atoms with Gasteiger partial charge in [-0.3, -0.25) is 9.59 Å². The smallest absolute Gasteiger partial charge is 0.303 e. The van der Waals surface area contributed by atoms with Crippen LogP contribution in [0.3, 0.4) is 0 Å². The molecular formula is C11H19NO5. The molecule has 1 aliphatic rings. The predicted molar refractivity (Wildman–Crippen MR) is 59.7 cm³/mol. The van der Waals surface area contributed by atoms with Crippen LogP contribution in [-0.2, 0) is 19.1 Å². The molecule has 0 spiro atoms. The van der Waals surface area contributed by atoms with E-state index >= 15 is 0 Å². The fraction of sp³-hybridized carbons (Fsp3) is 0.818. The highest BCUT2D eigenvalue weighted by Gasteiger charge is 2.14. The number of hydrogen-bond donors (Lipinski definition) is 2. The molecule has 1 atom stereocenters. The van der Waals surface area contributed by atoms with Crippen molar-refractivity contribution in [2.24, 2.45) is 0 Å². The lowest BCUT2D eigenvalue weighted by Gasteiger charge is -2.23. The summed E-state index contributed by atoms with van der Waals surface area (Å²) in [6, 6.07) is 0. The van der Waals surface area contributed by atoms with Gasteiger partial charge in [0.05, 0.1) is 25.9 Å². The van der Waals surface area contributed by atoms with Crippen molar-refractivity contribution >= 4 is 11.9 Å². The molecule has 6 nitrogen and oxygen atoms in total. The number of rotatable bonds is 7. The van der Waals surface area contributed by atoms with Crippen LogP contribution >= 0.6 is 0 Å². The molecule has 0 aromatic heterocycles. The lowest BCUT2D eigenvalue weighted by Crippen LogP contribution is -2.39. The number of carboxylic acid groups (broad SMARTS) is 1. The number of carboxylic acids is 1. The highest BCUT2D eigenvalue weighted by molar-refractivity contribution is 5.75. The average Bonchev–Trinajstić information content (AvgIpc) is 2.33. The molecule has 1 heterocycles. The SMILES string of the molecule is O=C(O)CCCCC(=O)NCC1COCCO1. The fourth-order valence-electron chi connectivity index (χ4n) is 1.53. The normalized spacial score (nSPS) is 19.9. The highest BCUT2D eigenvalue weighted by Crippen LogP contribution is 2.01. The molecule has 6 heteroatoms. The fourth-order valence-corrected chi connectivity index (χ4v) is 1.53. The Morgan fingerprint density at radius 2 is 2.00 bits per heavy atom. The number of nitrogens with one attached hydrogen (secondary N) is 1. The van der Waals surface area contributed by atoms with Crippen molar-refractivity contribution in [2.75, 3.05) is 26.4 Å². The van der Waals surface area contributed by atoms with Gasteiger partial charge in [0.15, 0.2) is 0 Å². The monoisotopic (exact) mass is 245 g/mol. The van der Waals surface area contributed by atoms with Gasteiger partial charge in [-0.15, -0.1) is 0 Å². The van der Waals surface area contributed by atoms with Gasteiger partial charge in [0, 0.05) is 19.4 Å². The van der Waals surface area contributed by atoms with Crippen molar-refractivity contribution in [2.45, 2.75) is 31.8 Å². The zero-order valence-electron chi connectivity index (χ0n) is 9.81. The first-order chi connectivity index (χ1) is 8.18. The molecule has 1 unspecified atom stereocenters. The largest absolute Gasteiger partial charge is 0.481 e. The first-order valence-electron chi connectivity index (χ1n) is 5.86. The summed E-state index contributed by atoms with van der Waals surface area (Å²) in [5.41, 5.74) is 0. The number of ether oxygens (including phenoxy) is 2. The van der Waals surface area contributed by atoms with Gasteiger partial charge in [-0.05, 0) is 12.8 Å². The third-order valence-electron chi connectivity index (χ3n) is 2.46. The van der Waals surface area contributed by atoms with E-state index in [2.05, 4.69) is 5.32 Å². The molecule has 1 fully saturated rings. The summed E-state index contributed by atoms with van der Waals surface area (Å²) in [6.45, 7) is 2.15. The standard InChI is InChI=1S/C11H19NO5/c13-10(3-1-2-4-11(14)15)12-7-9-8-16-5-6-17-9/h9H,1-8H2,(H,12,13)(H,14,15). The van der Waals surface area contributed by atoms with Gasteiger partial charge in [0.2, 0.25) is 5.91 Å². The predicted octanol–water partition coefficient (Wildman–Crippen LogP) is 0.163. The van der Waals surface area contributed by atoms with Crippen molar-refractivity contribution in [1.29, 1.82) is 0 Å². The van der Waals surface area contributed by atoms with Crippen molar-refractivity contribution in [1.82, 2.24) is 5.32 Å². The van der Waals surface area contributed by atoms with Crippen molar-refractivity contribution in [3.63, 3.8) is 0 Å². The molecule has 1 rings (SSSR count). The van der Waals surface area contributed by atoms with Crippen molar-refractivity contribution in [3.05, 3.63) is 0 Å². The van der Waals surface area contributed by atoms with Crippen molar-refractivity contribution in [3.8, 4) is 0 Å². The molecule has 0 aliphatic carbocycles. The van der Waals surface area contributed by atoms with Gasteiger partial charge < -0.3 is 19.9 Å². The molecule has 1 saturated heterocycles. The number of amides is 1. The maximum Gasteiger partial charge on any atom is 0.303 e. The average molecular weight is 245 g/mol. The number of carbonyl (C=O) groups is 2. The van der Waals surface area contributed by atoms with Gasteiger partial charge in [-0.25, -0.2) is 0 Å². The van der Waals surface area contributed by atoms with E-state index in [1.54, 1.807) is 0 Å². The Balaban J connectivity index is 1.98. The summed E-state index contributed by atoms with van der Waals surface area (Å²) >= 11 is 0. The Hall–Kier alpha value is -1.14. The molecule has 0 bridgehead atoms. The van der Waals surface area contributed by atoms with Crippen LogP contribution in [0.4, 0.5) is 0 Å². The Labute approximate surface area is 100 Å². The molecule has 1 aliphatic heterocycles. The molecule has 17 heavy (non-hydrogen) atoms. The van der Waals surface area contributed by atoms with E-state index in [1.165, 1.54) is 0 Å². The van der Waals surface area contributed by atoms with Crippen molar-refractivity contribution < 1.29 is 24.2 Å². The molecule has 0 saturated carbocycles. The minimum atomic E-state index is -0.821. The van der Waals surface area contributed by atoms with E-state index in [4.69, 9.17) is 14.6 Å². The summed E-state index contributed by atoms with van der Waals surface area (Å²) in [6.07, 6.45) is 1.55. The van der Waals surface area contributed by atoms with Crippen LogP contribution in [0.1, 0.15) is 25.7 Å². The topological polar surface area (TPSA) is 84.9 Å². The van der Waals surface area contributed by atoms with E-state index < -0.39 is 5.97 Å². The Bertz CT molecular complexity index is 250. The third kappa shape index (κ3) is 6.91. The number of aliphatic carboxylic acids is 1. The minimum Gasteiger partial charge on any atom is -0.481 e. The maximum absolute atomic E-state index is 11.4. The second-order valence-corrected chi connectivity index (χ2v) is 3.97. The molecule has 98 valence electrons. The van der Waals surface area contributed by atoms with E-state index in [9.17, 15) is 9.59 Å². The van der Waals surface area contributed by atoms with Crippen LogP contribution in [0, 0.1) is 0 Å². The van der Waals surface area contributed by atoms with Gasteiger partial charge in [-0.1, -0.05) is 0 Å². The van der Waals surface area contributed by atoms with E-state index in [-0.39, 0.29) is 18.4 Å². The minimum absolute atomic E-state index is 0.0632. The van der Waals surface area contributed by atoms with Gasteiger partial charge in [0.25, 0.3) is 0 Å². The first-order valence-corrected chi connectivity index (χ1v) is 5.86. The van der Waals surface area contributed by atoms with E-state index in [0.29, 0.717) is 45.6 Å². The number of hydrogen-bond acceptors (Lipinski definition) is 4. The second kappa shape index (κ2) is 8.03. The molecule has 2 N–H and O–H groups in total. The van der Waals surface area contributed by atoms with Gasteiger partial charge >= 0.3 is 5.97 Å². The van der Waals surface area contributed by atoms with Crippen LogP contribution in [0.5, 0.6) is 0 Å². The zero-order chi connectivity index (χ0) is 12.5. The summed E-state index contributed by atoms with van der Waals surface area (Å²) in [7, 11) is 0. The second-order valence-electron chi connectivity index (χ2n) is 3.97. The summed E-state index contributed by atoms with van der Waals surface area (Å²) in [4.78, 5) is 21.6. The summed E-state index contributed by atoms with van der Waals surface area (Å²) in [5, 5.41) is 11.2. The van der Waals surface area contributed by atoms with Crippen LogP contribution in [0.2, 0.25) is 0 Å². The molecule has 0 radical (unpaired) electrons.